The third-order valence-electron chi connectivity index (χ3n) is 8.69. The number of rotatable bonds is 6. The van der Waals surface area contributed by atoms with Crippen molar-refractivity contribution in [3.63, 3.8) is 0 Å². The number of para-hydroxylation sites is 2. The first-order valence-corrected chi connectivity index (χ1v) is 14.2. The summed E-state index contributed by atoms with van der Waals surface area (Å²) < 4.78 is 4.51. The molecule has 0 aliphatic carbocycles. The molecular formula is C35H32N4O2. The molecule has 3 heterocycles. The predicted octanol–water partition coefficient (Wildman–Crippen LogP) is 6.45. The first kappa shape index (κ1) is 25.3. The number of aryl methyl sites for hydroxylation is 1. The number of hydrogen-bond donors (Lipinski definition) is 1. The number of amides is 1. The molecule has 1 saturated heterocycles. The zero-order valence-corrected chi connectivity index (χ0v) is 23.1. The number of hydrogen-bond acceptors (Lipinski definition) is 3. The molecule has 7 rings (SSSR count). The molecular weight excluding hydrogens is 508 g/mol. The van der Waals surface area contributed by atoms with Crippen LogP contribution >= 0.6 is 0 Å². The van der Waals surface area contributed by atoms with Gasteiger partial charge in [-0.1, -0.05) is 60.7 Å². The average Bonchev–Trinajstić information content (AvgIpc) is 3.52. The van der Waals surface area contributed by atoms with Gasteiger partial charge in [-0.3, -0.25) is 14.5 Å². The molecule has 1 aliphatic heterocycles. The highest BCUT2D eigenvalue weighted by Crippen LogP contribution is 2.38. The maximum Gasteiger partial charge on any atom is 0.248 e. The number of aromatic nitrogens is 2. The van der Waals surface area contributed by atoms with Crippen molar-refractivity contribution in [3.05, 3.63) is 119 Å². The van der Waals surface area contributed by atoms with Crippen molar-refractivity contribution >= 4 is 44.4 Å². The Kier molecular flexibility index (Phi) is 6.20. The van der Waals surface area contributed by atoms with Crippen LogP contribution in [0.25, 0.3) is 32.7 Å². The zero-order chi connectivity index (χ0) is 28.1. The van der Waals surface area contributed by atoms with Gasteiger partial charge in [-0.15, -0.1) is 0 Å². The summed E-state index contributed by atoms with van der Waals surface area (Å²) in [4.78, 5) is 28.0. The molecule has 1 aliphatic rings. The molecule has 0 saturated carbocycles. The number of likely N-dealkylation sites (tertiary alicyclic amines) is 1. The van der Waals surface area contributed by atoms with E-state index in [9.17, 15) is 9.59 Å². The Morgan fingerprint density at radius 3 is 2.15 bits per heavy atom. The lowest BCUT2D eigenvalue weighted by molar-refractivity contribution is 0.0998. The van der Waals surface area contributed by atoms with Gasteiger partial charge in [0.05, 0.1) is 5.52 Å². The summed E-state index contributed by atoms with van der Waals surface area (Å²) in [6, 6.07) is 30.7. The second kappa shape index (κ2) is 10.1. The van der Waals surface area contributed by atoms with Gasteiger partial charge in [-0.25, -0.2) is 0 Å². The number of carbonyl (C=O) groups excluding carboxylic acids is 2. The van der Waals surface area contributed by atoms with Crippen LogP contribution in [0.1, 0.15) is 50.7 Å². The van der Waals surface area contributed by atoms with Gasteiger partial charge in [-0.2, -0.15) is 0 Å². The molecule has 6 nitrogen and oxygen atoms in total. The second-order valence-corrected chi connectivity index (χ2v) is 11.2. The Bertz CT molecular complexity index is 1940. The highest BCUT2D eigenvalue weighted by Gasteiger charge is 2.26. The van der Waals surface area contributed by atoms with Gasteiger partial charge in [0, 0.05) is 82.8 Å². The van der Waals surface area contributed by atoms with Crippen LogP contribution < -0.4 is 5.73 Å². The first-order valence-electron chi connectivity index (χ1n) is 14.2. The number of fused-ring (bicyclic) bond motifs is 4. The summed E-state index contributed by atoms with van der Waals surface area (Å²) >= 11 is 0. The van der Waals surface area contributed by atoms with E-state index in [0.29, 0.717) is 11.6 Å². The maximum atomic E-state index is 14.1. The number of nitrogens with zero attached hydrogens (tertiary/aromatic N) is 3. The lowest BCUT2D eigenvalue weighted by Gasteiger charge is -2.33. The molecule has 6 heteroatoms. The monoisotopic (exact) mass is 540 g/mol. The number of nitrogens with two attached hydrogens (primary N) is 1. The van der Waals surface area contributed by atoms with E-state index >= 15 is 0 Å². The van der Waals surface area contributed by atoms with Crippen LogP contribution in [-0.4, -0.2) is 38.8 Å². The number of carbonyl (C=O) groups is 2. The van der Waals surface area contributed by atoms with E-state index in [0.717, 1.165) is 70.8 Å². The fraction of sp³-hybridized carbons (Fsp3) is 0.200. The number of benzene rings is 4. The minimum absolute atomic E-state index is 0.0625. The molecule has 6 aromatic rings. The fourth-order valence-electron chi connectivity index (χ4n) is 6.67. The van der Waals surface area contributed by atoms with Crippen LogP contribution in [0.4, 0.5) is 0 Å². The van der Waals surface area contributed by atoms with E-state index in [-0.39, 0.29) is 5.78 Å². The van der Waals surface area contributed by atoms with E-state index in [1.54, 1.807) is 12.1 Å². The van der Waals surface area contributed by atoms with Gasteiger partial charge in [0.25, 0.3) is 0 Å². The molecule has 41 heavy (non-hydrogen) atoms. The van der Waals surface area contributed by atoms with Crippen LogP contribution in [-0.2, 0) is 13.6 Å². The molecule has 204 valence electrons. The van der Waals surface area contributed by atoms with Gasteiger partial charge in [0.15, 0.2) is 5.78 Å². The Morgan fingerprint density at radius 1 is 0.756 bits per heavy atom. The van der Waals surface area contributed by atoms with Crippen molar-refractivity contribution in [1.82, 2.24) is 14.0 Å². The molecule has 1 fully saturated rings. The molecule has 0 atom stereocenters. The Morgan fingerprint density at radius 2 is 1.41 bits per heavy atom. The van der Waals surface area contributed by atoms with Gasteiger partial charge < -0.3 is 14.9 Å². The van der Waals surface area contributed by atoms with Gasteiger partial charge >= 0.3 is 0 Å². The van der Waals surface area contributed by atoms with Crippen LogP contribution in [0.2, 0.25) is 0 Å². The van der Waals surface area contributed by atoms with Crippen molar-refractivity contribution in [1.29, 1.82) is 0 Å². The smallest absolute Gasteiger partial charge is 0.248 e. The summed E-state index contributed by atoms with van der Waals surface area (Å²) in [5.41, 5.74) is 12.0. The van der Waals surface area contributed by atoms with Crippen LogP contribution in [0.3, 0.4) is 0 Å². The van der Waals surface area contributed by atoms with Crippen molar-refractivity contribution in [2.75, 3.05) is 13.1 Å². The molecule has 1 amide bonds. The summed E-state index contributed by atoms with van der Waals surface area (Å²) in [6.07, 6.45) is 4.01. The Balaban J connectivity index is 1.22. The second-order valence-electron chi connectivity index (χ2n) is 11.2. The highest BCUT2D eigenvalue weighted by atomic mass is 16.1. The quantitative estimate of drug-likeness (QED) is 0.247. The first-order chi connectivity index (χ1) is 20.0. The van der Waals surface area contributed by atoms with E-state index in [1.807, 2.05) is 60.3 Å². The summed E-state index contributed by atoms with van der Waals surface area (Å²) in [5.74, 6) is -0.335. The van der Waals surface area contributed by atoms with Crippen LogP contribution in [0.5, 0.6) is 0 Å². The van der Waals surface area contributed by atoms with Gasteiger partial charge in [-0.05, 0) is 48.7 Å². The van der Waals surface area contributed by atoms with E-state index < -0.39 is 5.91 Å². The maximum absolute atomic E-state index is 14.1. The summed E-state index contributed by atoms with van der Waals surface area (Å²) in [5, 5.41) is 3.15. The Hall–Kier alpha value is -4.68. The summed E-state index contributed by atoms with van der Waals surface area (Å²) in [7, 11) is 1.99. The third-order valence-corrected chi connectivity index (χ3v) is 8.69. The van der Waals surface area contributed by atoms with Crippen molar-refractivity contribution in [2.24, 2.45) is 12.8 Å². The number of ketones is 1. The summed E-state index contributed by atoms with van der Waals surface area (Å²) in [6.45, 7) is 2.80. The van der Waals surface area contributed by atoms with Gasteiger partial charge in [0.1, 0.15) is 0 Å². The molecule has 0 spiro atoms. The number of piperidine rings is 1. The van der Waals surface area contributed by atoms with E-state index in [4.69, 9.17) is 5.73 Å². The number of primary amides is 1. The van der Waals surface area contributed by atoms with Crippen molar-refractivity contribution in [3.8, 4) is 0 Å². The standard InChI is InChI=1S/C35H32N4O2/c1-37-22-29(26-7-2-4-10-30(26)37)34(40)28-9-6-12-32-33(28)27-8-3-5-11-31(27)39(32)25-17-19-38(20-18-25)21-23-13-15-24(16-14-23)35(36)41/h2-16,22,25H,17-21H2,1H3,(H2,36,41). The highest BCUT2D eigenvalue weighted by molar-refractivity contribution is 6.25. The molecule has 4 aromatic carbocycles. The minimum Gasteiger partial charge on any atom is -0.366 e. The third kappa shape index (κ3) is 4.32. The lowest BCUT2D eigenvalue weighted by atomic mass is 9.98. The topological polar surface area (TPSA) is 73.3 Å². The molecule has 0 bridgehead atoms. The molecule has 2 N–H and O–H groups in total. The average molecular weight is 541 g/mol. The van der Waals surface area contributed by atoms with Crippen LogP contribution in [0, 0.1) is 0 Å². The van der Waals surface area contributed by atoms with Crippen molar-refractivity contribution < 1.29 is 9.59 Å². The van der Waals surface area contributed by atoms with E-state index in [1.165, 1.54) is 11.1 Å². The van der Waals surface area contributed by atoms with Gasteiger partial charge in [0.2, 0.25) is 5.91 Å². The predicted molar refractivity (Wildman–Crippen MR) is 164 cm³/mol. The minimum atomic E-state index is -0.398. The molecule has 0 unspecified atom stereocenters. The lowest BCUT2D eigenvalue weighted by Crippen LogP contribution is -2.34. The van der Waals surface area contributed by atoms with Crippen molar-refractivity contribution in [2.45, 2.75) is 25.4 Å². The zero-order valence-electron chi connectivity index (χ0n) is 23.1. The SMILES string of the molecule is Cn1cc(C(=O)c2cccc3c2c2ccccc2n3C2CCN(Cc3ccc(C(N)=O)cc3)CC2)c2ccccc21. The normalized spacial score (nSPS) is 14.8. The molecule has 0 radical (unpaired) electrons. The Labute approximate surface area is 238 Å². The van der Waals surface area contributed by atoms with E-state index in [2.05, 4.69) is 45.9 Å². The van der Waals surface area contributed by atoms with Crippen LogP contribution in [0.15, 0.2) is 97.2 Å². The largest absolute Gasteiger partial charge is 0.366 e. The fourth-order valence-corrected chi connectivity index (χ4v) is 6.67. The molecule has 2 aromatic heterocycles.